The van der Waals surface area contributed by atoms with Crippen molar-refractivity contribution in [1.82, 2.24) is 0 Å². The summed E-state index contributed by atoms with van der Waals surface area (Å²) in [7, 11) is 1.70. The van der Waals surface area contributed by atoms with Crippen LogP contribution in [0.25, 0.3) is 0 Å². The van der Waals surface area contributed by atoms with Gasteiger partial charge in [0.25, 0.3) is 0 Å². The Hall–Kier alpha value is 1.06. The van der Waals surface area contributed by atoms with Crippen molar-refractivity contribution in [3.05, 3.63) is 5.92 Å². The van der Waals surface area contributed by atoms with E-state index in [4.69, 9.17) is 4.74 Å². The Labute approximate surface area is 70.7 Å². The summed E-state index contributed by atoms with van der Waals surface area (Å²) in [5, 5.41) is 0. The van der Waals surface area contributed by atoms with Crippen molar-refractivity contribution in [1.29, 1.82) is 0 Å². The van der Waals surface area contributed by atoms with Crippen LogP contribution in [-0.4, -0.2) is 13.7 Å². The molecule has 0 N–H and O–H groups in total. The number of rotatable bonds is 2. The smallest absolute Gasteiger partial charge is 0.416 e. The van der Waals surface area contributed by atoms with Crippen LogP contribution in [-0.2, 0) is 37.4 Å². The molecule has 0 aliphatic carbocycles. The fraction of sp³-hybridized carbons (Fsp3) is 0.800. The summed E-state index contributed by atoms with van der Waals surface area (Å²) in [6.07, 6.45) is 0. The molecule has 0 saturated carbocycles. The van der Waals surface area contributed by atoms with Crippen molar-refractivity contribution in [2.45, 2.75) is 13.8 Å². The van der Waals surface area contributed by atoms with Crippen molar-refractivity contribution in [3.8, 4) is 0 Å². The minimum Gasteiger partial charge on any atom is -0.416 e. The Morgan fingerprint density at radius 3 is 1.86 bits per heavy atom. The zero-order valence-electron chi connectivity index (χ0n) is 5.19. The quantitative estimate of drug-likeness (QED) is 0.575. The molecule has 0 aromatic carbocycles. The van der Waals surface area contributed by atoms with Gasteiger partial charge in [0.15, 0.2) is 0 Å². The molecule has 7 heavy (non-hydrogen) atoms. The fourth-order valence-electron chi connectivity index (χ4n) is 0.289. The molecule has 0 spiro atoms. The van der Waals surface area contributed by atoms with Crippen LogP contribution in [0.15, 0.2) is 0 Å². The molecule has 0 heterocycles. The number of methoxy groups -OCH3 is 1. The van der Waals surface area contributed by atoms with Crippen LogP contribution in [0.2, 0.25) is 0 Å². The van der Waals surface area contributed by atoms with Crippen molar-refractivity contribution in [2.75, 3.05) is 13.7 Å². The van der Waals surface area contributed by atoms with E-state index in [0.29, 0.717) is 0 Å². The van der Waals surface area contributed by atoms with E-state index in [1.807, 2.05) is 13.8 Å². The largest absolute Gasteiger partial charge is 3.00 e. The minimum absolute atomic E-state index is 0. The molecular weight excluding hydrogens is 165 g/mol. The molecule has 0 aliphatic rings. The molecule has 0 atom stereocenters. The fourth-order valence-corrected chi connectivity index (χ4v) is 0.289. The van der Waals surface area contributed by atoms with Gasteiger partial charge in [-0.3, -0.25) is 5.92 Å². The van der Waals surface area contributed by atoms with Crippen LogP contribution in [0.5, 0.6) is 0 Å². The molecule has 0 rings (SSSR count). The summed E-state index contributed by atoms with van der Waals surface area (Å²) in [6, 6.07) is 0. The van der Waals surface area contributed by atoms with Crippen LogP contribution in [0, 0.1) is 5.92 Å². The zero-order chi connectivity index (χ0) is 4.99. The summed E-state index contributed by atoms with van der Waals surface area (Å²) < 4.78 is 4.77. The van der Waals surface area contributed by atoms with E-state index in [1.54, 1.807) is 7.11 Å². The van der Waals surface area contributed by atoms with Gasteiger partial charge in [-0.15, -0.1) is 0 Å². The molecule has 2 heteroatoms. The van der Waals surface area contributed by atoms with Crippen LogP contribution < -0.4 is 0 Å². The van der Waals surface area contributed by atoms with Gasteiger partial charge in [-0.05, 0) is 0 Å². The van der Waals surface area contributed by atoms with E-state index < -0.39 is 0 Å². The standard InChI is InChI=1S/C5H11O.Y/c1-5(2)4-6-3;/h4H2,1-3H3;/q-1;+3. The third kappa shape index (κ3) is 11.0. The molecule has 0 aromatic rings. The first-order valence-corrected chi connectivity index (χ1v) is 2.05. The SMILES string of the molecule is COC[C-](C)C.[Y+3]. The predicted octanol–water partition coefficient (Wildman–Crippen LogP) is 1.24. The second-order valence-electron chi connectivity index (χ2n) is 1.64. The molecule has 0 bridgehead atoms. The van der Waals surface area contributed by atoms with Gasteiger partial charge in [0, 0.05) is 7.11 Å². The normalized spacial score (nSPS) is 8.57. The van der Waals surface area contributed by atoms with Gasteiger partial charge < -0.3 is 4.74 Å². The van der Waals surface area contributed by atoms with Gasteiger partial charge >= 0.3 is 32.7 Å². The first-order chi connectivity index (χ1) is 2.77. The number of ether oxygens (including phenoxy) is 1. The first-order valence-electron chi connectivity index (χ1n) is 2.05. The molecule has 0 radical (unpaired) electrons. The van der Waals surface area contributed by atoms with Crippen molar-refractivity contribution < 1.29 is 37.4 Å². The first kappa shape index (κ1) is 10.9. The maximum Gasteiger partial charge on any atom is 3.00 e. The Bertz CT molecular complexity index is 29.3. The average Bonchev–Trinajstić information content (AvgIpc) is 1.35. The van der Waals surface area contributed by atoms with Gasteiger partial charge in [-0.25, -0.2) is 0 Å². The van der Waals surface area contributed by atoms with Crippen molar-refractivity contribution in [3.63, 3.8) is 0 Å². The van der Waals surface area contributed by atoms with E-state index in [9.17, 15) is 0 Å². The second-order valence-corrected chi connectivity index (χ2v) is 1.64. The van der Waals surface area contributed by atoms with Gasteiger partial charge in [0.1, 0.15) is 0 Å². The molecule has 38 valence electrons. The molecular formula is C5H11OY+2. The maximum absolute atomic E-state index is 4.77. The summed E-state index contributed by atoms with van der Waals surface area (Å²) >= 11 is 0. The van der Waals surface area contributed by atoms with Crippen LogP contribution in [0.3, 0.4) is 0 Å². The van der Waals surface area contributed by atoms with E-state index in [2.05, 4.69) is 0 Å². The molecule has 0 saturated heterocycles. The monoisotopic (exact) mass is 176 g/mol. The molecule has 0 amide bonds. The molecule has 0 fully saturated rings. The zero-order valence-corrected chi connectivity index (χ0v) is 8.03. The third-order valence-electron chi connectivity index (χ3n) is 0.433. The minimum atomic E-state index is 0. The molecule has 0 unspecified atom stereocenters. The Morgan fingerprint density at radius 1 is 1.43 bits per heavy atom. The summed E-state index contributed by atoms with van der Waals surface area (Å²) in [5.74, 6) is 1.32. The van der Waals surface area contributed by atoms with E-state index in [0.717, 1.165) is 6.61 Å². The van der Waals surface area contributed by atoms with Crippen molar-refractivity contribution >= 4 is 0 Å². The summed E-state index contributed by atoms with van der Waals surface area (Å²) in [6.45, 7) is 4.88. The van der Waals surface area contributed by atoms with Gasteiger partial charge in [-0.1, -0.05) is 6.61 Å². The van der Waals surface area contributed by atoms with E-state index >= 15 is 0 Å². The summed E-state index contributed by atoms with van der Waals surface area (Å²) in [4.78, 5) is 0. The van der Waals surface area contributed by atoms with Gasteiger partial charge in [-0.2, -0.15) is 13.8 Å². The molecule has 0 aromatic heterocycles. The summed E-state index contributed by atoms with van der Waals surface area (Å²) in [5.41, 5.74) is 0. The maximum atomic E-state index is 4.77. The topological polar surface area (TPSA) is 9.23 Å². The van der Waals surface area contributed by atoms with E-state index in [1.165, 1.54) is 5.92 Å². The number of hydrogen-bond donors (Lipinski definition) is 0. The Balaban J connectivity index is 0. The Morgan fingerprint density at radius 2 is 1.86 bits per heavy atom. The molecule has 0 aliphatic heterocycles. The van der Waals surface area contributed by atoms with Crippen LogP contribution >= 0.6 is 0 Å². The number of hydrogen-bond acceptors (Lipinski definition) is 1. The Kier molecular flexibility index (Phi) is 11.0. The van der Waals surface area contributed by atoms with Gasteiger partial charge in [0.05, 0.1) is 0 Å². The van der Waals surface area contributed by atoms with E-state index in [-0.39, 0.29) is 32.7 Å². The average molecular weight is 176 g/mol. The predicted molar refractivity (Wildman–Crippen MR) is 26.5 cm³/mol. The van der Waals surface area contributed by atoms with Gasteiger partial charge in [0.2, 0.25) is 0 Å². The second kappa shape index (κ2) is 7.06. The van der Waals surface area contributed by atoms with Crippen LogP contribution in [0.1, 0.15) is 13.8 Å². The van der Waals surface area contributed by atoms with Crippen molar-refractivity contribution in [2.24, 2.45) is 0 Å². The van der Waals surface area contributed by atoms with Crippen LogP contribution in [0.4, 0.5) is 0 Å². The third-order valence-corrected chi connectivity index (χ3v) is 0.433. The molecule has 1 nitrogen and oxygen atoms in total.